The van der Waals surface area contributed by atoms with E-state index in [2.05, 4.69) is 36.1 Å². The van der Waals surface area contributed by atoms with Crippen LogP contribution in [0.1, 0.15) is 19.4 Å². The Labute approximate surface area is 111 Å². The van der Waals surface area contributed by atoms with Crippen LogP contribution in [0.15, 0.2) is 30.3 Å². The summed E-state index contributed by atoms with van der Waals surface area (Å²) in [4.78, 5) is 2.35. The van der Waals surface area contributed by atoms with Crippen LogP contribution >= 0.6 is 0 Å². The minimum absolute atomic E-state index is 0.189. The fraction of sp³-hybridized carbons (Fsp3) is 0.600. The number of likely N-dealkylation sites (N-methyl/N-ethyl adjacent to an activating group) is 1. The van der Waals surface area contributed by atoms with Gasteiger partial charge >= 0.3 is 0 Å². The quantitative estimate of drug-likeness (QED) is 0.680. The molecule has 0 saturated heterocycles. The smallest absolute Gasteiger partial charge is 0.0593 e. The first-order valence-electron chi connectivity index (χ1n) is 6.85. The van der Waals surface area contributed by atoms with Gasteiger partial charge in [-0.1, -0.05) is 37.3 Å². The lowest BCUT2D eigenvalue weighted by Crippen LogP contribution is -2.40. The van der Waals surface area contributed by atoms with Crippen molar-refractivity contribution in [2.75, 3.05) is 32.8 Å². The number of rotatable bonds is 9. The lowest BCUT2D eigenvalue weighted by atomic mass is 10.1. The Morgan fingerprint density at radius 2 is 1.94 bits per heavy atom. The third kappa shape index (κ3) is 6.15. The van der Waals surface area contributed by atoms with Crippen LogP contribution in [0.4, 0.5) is 0 Å². The fourth-order valence-electron chi connectivity index (χ4n) is 2.03. The van der Waals surface area contributed by atoms with E-state index in [1.54, 1.807) is 0 Å². The zero-order valence-electron chi connectivity index (χ0n) is 11.6. The van der Waals surface area contributed by atoms with Gasteiger partial charge < -0.3 is 10.5 Å². The number of hydrogen-bond acceptors (Lipinski definition) is 3. The molecule has 0 spiro atoms. The molecule has 0 fully saturated rings. The number of ether oxygens (including phenoxy) is 1. The van der Waals surface area contributed by atoms with E-state index in [0.717, 1.165) is 39.3 Å². The summed E-state index contributed by atoms with van der Waals surface area (Å²) in [7, 11) is 0. The Hall–Kier alpha value is -0.900. The Morgan fingerprint density at radius 1 is 1.22 bits per heavy atom. The monoisotopic (exact) mass is 250 g/mol. The molecule has 1 aromatic rings. The summed E-state index contributed by atoms with van der Waals surface area (Å²) in [6, 6.07) is 10.6. The van der Waals surface area contributed by atoms with Crippen molar-refractivity contribution < 1.29 is 4.74 Å². The lowest BCUT2D eigenvalue weighted by Gasteiger charge is -2.24. The van der Waals surface area contributed by atoms with Gasteiger partial charge in [-0.3, -0.25) is 4.90 Å². The van der Waals surface area contributed by atoms with E-state index in [-0.39, 0.29) is 6.04 Å². The second kappa shape index (κ2) is 9.09. The zero-order valence-corrected chi connectivity index (χ0v) is 11.6. The molecule has 18 heavy (non-hydrogen) atoms. The number of nitrogens with two attached hydrogens (primary N) is 1. The molecule has 102 valence electrons. The van der Waals surface area contributed by atoms with Crippen molar-refractivity contribution in [2.24, 2.45) is 5.73 Å². The van der Waals surface area contributed by atoms with Gasteiger partial charge in [0.2, 0.25) is 0 Å². The number of nitrogens with zero attached hydrogens (tertiary/aromatic N) is 1. The van der Waals surface area contributed by atoms with Crippen molar-refractivity contribution in [1.29, 1.82) is 0 Å². The van der Waals surface area contributed by atoms with E-state index in [9.17, 15) is 0 Å². The molecule has 0 saturated carbocycles. The first-order valence-corrected chi connectivity index (χ1v) is 6.85. The molecule has 1 atom stereocenters. The Kier molecular flexibility index (Phi) is 7.65. The van der Waals surface area contributed by atoms with Crippen LogP contribution in [-0.4, -0.2) is 43.8 Å². The molecule has 0 heterocycles. The molecule has 1 aromatic carbocycles. The summed E-state index contributed by atoms with van der Waals surface area (Å²) in [5.74, 6) is 0. The maximum absolute atomic E-state index is 6.20. The molecule has 3 heteroatoms. The molecule has 0 radical (unpaired) electrons. The summed E-state index contributed by atoms with van der Waals surface area (Å²) in [6.45, 7) is 8.69. The van der Waals surface area contributed by atoms with Crippen molar-refractivity contribution in [3.05, 3.63) is 35.9 Å². The topological polar surface area (TPSA) is 38.5 Å². The van der Waals surface area contributed by atoms with E-state index < -0.39 is 0 Å². The first kappa shape index (κ1) is 15.2. The van der Waals surface area contributed by atoms with Gasteiger partial charge in [0.15, 0.2) is 0 Å². The van der Waals surface area contributed by atoms with Crippen LogP contribution in [0, 0.1) is 0 Å². The van der Waals surface area contributed by atoms with Gasteiger partial charge in [-0.2, -0.15) is 0 Å². The summed E-state index contributed by atoms with van der Waals surface area (Å²) in [5.41, 5.74) is 7.51. The minimum atomic E-state index is 0.189. The molecule has 0 amide bonds. The highest BCUT2D eigenvalue weighted by molar-refractivity contribution is 5.15. The van der Waals surface area contributed by atoms with Crippen LogP contribution in [0.5, 0.6) is 0 Å². The van der Waals surface area contributed by atoms with Crippen LogP contribution < -0.4 is 5.73 Å². The molecule has 0 aliphatic carbocycles. The lowest BCUT2D eigenvalue weighted by molar-refractivity contribution is 0.113. The third-order valence-electron chi connectivity index (χ3n) is 3.04. The second-order valence-corrected chi connectivity index (χ2v) is 4.54. The maximum atomic E-state index is 6.20. The molecule has 1 unspecified atom stereocenters. The van der Waals surface area contributed by atoms with Gasteiger partial charge in [-0.15, -0.1) is 0 Å². The van der Waals surface area contributed by atoms with Gasteiger partial charge in [0.25, 0.3) is 0 Å². The minimum Gasteiger partial charge on any atom is -0.380 e. The normalized spacial score (nSPS) is 12.9. The largest absolute Gasteiger partial charge is 0.380 e. The molecular formula is C15H26N2O. The summed E-state index contributed by atoms with van der Waals surface area (Å²) in [5, 5.41) is 0. The van der Waals surface area contributed by atoms with Crippen molar-refractivity contribution in [3.8, 4) is 0 Å². The van der Waals surface area contributed by atoms with Gasteiger partial charge in [-0.25, -0.2) is 0 Å². The van der Waals surface area contributed by atoms with Crippen LogP contribution in [-0.2, 0) is 11.2 Å². The van der Waals surface area contributed by atoms with Crippen molar-refractivity contribution in [2.45, 2.75) is 26.3 Å². The Bertz CT molecular complexity index is 303. The van der Waals surface area contributed by atoms with E-state index in [0.29, 0.717) is 0 Å². The molecule has 0 bridgehead atoms. The predicted molar refractivity (Wildman–Crippen MR) is 76.7 cm³/mol. The summed E-state index contributed by atoms with van der Waals surface area (Å²) < 4.78 is 5.38. The number of benzene rings is 1. The SMILES string of the molecule is CCOCCN(CC)CC(N)Cc1ccccc1. The molecule has 0 aliphatic heterocycles. The average Bonchev–Trinajstić information content (AvgIpc) is 2.39. The standard InChI is InChI=1S/C15H26N2O/c1-3-17(10-11-18-4-2)13-15(16)12-14-8-6-5-7-9-14/h5-9,15H,3-4,10-13,16H2,1-2H3. The van der Waals surface area contributed by atoms with Gasteiger partial charge in [-0.05, 0) is 25.5 Å². The fourth-order valence-corrected chi connectivity index (χ4v) is 2.03. The average molecular weight is 250 g/mol. The summed E-state index contributed by atoms with van der Waals surface area (Å²) >= 11 is 0. The van der Waals surface area contributed by atoms with Gasteiger partial charge in [0.05, 0.1) is 6.61 Å². The molecule has 0 aliphatic rings. The second-order valence-electron chi connectivity index (χ2n) is 4.54. The maximum Gasteiger partial charge on any atom is 0.0593 e. The highest BCUT2D eigenvalue weighted by Crippen LogP contribution is 2.03. The van der Waals surface area contributed by atoms with Crippen molar-refractivity contribution >= 4 is 0 Å². The van der Waals surface area contributed by atoms with E-state index in [1.165, 1.54) is 5.56 Å². The Balaban J connectivity index is 2.30. The molecule has 3 nitrogen and oxygen atoms in total. The van der Waals surface area contributed by atoms with Crippen LogP contribution in [0.3, 0.4) is 0 Å². The van der Waals surface area contributed by atoms with E-state index >= 15 is 0 Å². The molecule has 1 rings (SSSR count). The van der Waals surface area contributed by atoms with E-state index in [1.807, 2.05) is 13.0 Å². The van der Waals surface area contributed by atoms with Gasteiger partial charge in [0, 0.05) is 25.7 Å². The highest BCUT2D eigenvalue weighted by Gasteiger charge is 2.09. The molecule has 2 N–H and O–H groups in total. The molecular weight excluding hydrogens is 224 g/mol. The third-order valence-corrected chi connectivity index (χ3v) is 3.04. The van der Waals surface area contributed by atoms with Crippen LogP contribution in [0.25, 0.3) is 0 Å². The first-order chi connectivity index (χ1) is 8.76. The zero-order chi connectivity index (χ0) is 13.2. The highest BCUT2D eigenvalue weighted by atomic mass is 16.5. The number of hydrogen-bond donors (Lipinski definition) is 1. The summed E-state index contributed by atoms with van der Waals surface area (Å²) in [6.07, 6.45) is 0.936. The van der Waals surface area contributed by atoms with Crippen molar-refractivity contribution in [3.63, 3.8) is 0 Å². The molecule has 0 aromatic heterocycles. The predicted octanol–water partition coefficient (Wildman–Crippen LogP) is 1.91. The van der Waals surface area contributed by atoms with Crippen molar-refractivity contribution in [1.82, 2.24) is 4.90 Å². The van der Waals surface area contributed by atoms with E-state index in [4.69, 9.17) is 10.5 Å². The van der Waals surface area contributed by atoms with Crippen LogP contribution in [0.2, 0.25) is 0 Å². The van der Waals surface area contributed by atoms with Gasteiger partial charge in [0.1, 0.15) is 0 Å². The Morgan fingerprint density at radius 3 is 2.56 bits per heavy atom.